The summed E-state index contributed by atoms with van der Waals surface area (Å²) < 4.78 is 23.8. The zero-order chi connectivity index (χ0) is 15.5. The summed E-state index contributed by atoms with van der Waals surface area (Å²) in [6, 6.07) is 5.16. The molecule has 0 aliphatic carbocycles. The highest BCUT2D eigenvalue weighted by Crippen LogP contribution is 2.26. The largest absolute Gasteiger partial charge is 0.398 e. The highest BCUT2D eigenvalue weighted by molar-refractivity contribution is 7.91. The van der Waals surface area contributed by atoms with E-state index in [1.807, 2.05) is 6.07 Å². The van der Waals surface area contributed by atoms with Gasteiger partial charge in [0.25, 0.3) is 0 Å². The van der Waals surface area contributed by atoms with Crippen LogP contribution in [0.3, 0.4) is 0 Å². The van der Waals surface area contributed by atoms with Gasteiger partial charge in [0.15, 0.2) is 9.84 Å². The fourth-order valence-electron chi connectivity index (χ4n) is 2.54. The normalized spacial score (nSPS) is 17.1. The van der Waals surface area contributed by atoms with E-state index in [0.717, 1.165) is 31.9 Å². The van der Waals surface area contributed by atoms with Crippen LogP contribution in [0.5, 0.6) is 0 Å². The van der Waals surface area contributed by atoms with Crippen LogP contribution in [-0.2, 0) is 9.84 Å². The van der Waals surface area contributed by atoms with E-state index in [1.54, 1.807) is 19.1 Å². The van der Waals surface area contributed by atoms with Crippen molar-refractivity contribution < 1.29 is 13.5 Å². The van der Waals surface area contributed by atoms with Crippen molar-refractivity contribution in [2.45, 2.75) is 11.8 Å². The Bertz CT molecular complexity index is 581. The minimum absolute atomic E-state index is 0.0520. The fourth-order valence-corrected chi connectivity index (χ4v) is 3.55. The summed E-state index contributed by atoms with van der Waals surface area (Å²) in [4.78, 5) is 4.61. The van der Waals surface area contributed by atoms with E-state index in [1.165, 1.54) is 0 Å². The molecule has 3 N–H and O–H groups in total. The summed E-state index contributed by atoms with van der Waals surface area (Å²) in [5.74, 6) is 0.0520. The van der Waals surface area contributed by atoms with Crippen LogP contribution in [0.25, 0.3) is 0 Å². The number of hydrogen-bond donors (Lipinski definition) is 2. The van der Waals surface area contributed by atoms with Gasteiger partial charge in [-0.25, -0.2) is 8.42 Å². The van der Waals surface area contributed by atoms with E-state index >= 15 is 0 Å². The highest BCUT2D eigenvalue weighted by atomic mass is 32.2. The number of nitrogen functional groups attached to an aromatic ring is 1. The number of nitrogens with two attached hydrogens (primary N) is 1. The second-order valence-corrected chi connectivity index (χ2v) is 7.42. The first-order valence-corrected chi connectivity index (χ1v) is 8.83. The third-order valence-corrected chi connectivity index (χ3v) is 5.66. The summed E-state index contributed by atoms with van der Waals surface area (Å²) in [6.07, 6.45) is 0. The summed E-state index contributed by atoms with van der Waals surface area (Å²) in [7, 11) is -3.27. The van der Waals surface area contributed by atoms with Gasteiger partial charge in [-0.15, -0.1) is 0 Å². The minimum Gasteiger partial charge on any atom is -0.398 e. The number of benzene rings is 1. The molecule has 1 aromatic carbocycles. The van der Waals surface area contributed by atoms with Gasteiger partial charge in [-0.3, -0.25) is 4.90 Å². The number of rotatable bonds is 5. The first kappa shape index (κ1) is 16.1. The van der Waals surface area contributed by atoms with Crippen molar-refractivity contribution in [2.75, 3.05) is 55.7 Å². The van der Waals surface area contributed by atoms with E-state index in [2.05, 4.69) is 9.80 Å². The molecule has 6 nitrogen and oxygen atoms in total. The molecule has 0 saturated carbocycles. The second-order valence-electron chi connectivity index (χ2n) is 5.18. The lowest BCUT2D eigenvalue weighted by Crippen LogP contribution is -2.47. The van der Waals surface area contributed by atoms with E-state index in [9.17, 15) is 8.42 Å². The standard InChI is InChI=1S/C14H23N3O3S/c1-2-21(19,20)14-4-3-12(11-13(14)15)17-7-5-16(6-8-17)9-10-18/h3-4,11,18H,2,5-10,15H2,1H3. The van der Waals surface area contributed by atoms with Crippen LogP contribution in [0.2, 0.25) is 0 Å². The van der Waals surface area contributed by atoms with Crippen molar-refractivity contribution in [3.05, 3.63) is 18.2 Å². The number of aliphatic hydroxyl groups is 1. The predicted octanol–water partition coefficient (Wildman–Crippen LogP) is 0.177. The van der Waals surface area contributed by atoms with E-state index < -0.39 is 9.84 Å². The van der Waals surface area contributed by atoms with Crippen molar-refractivity contribution in [1.29, 1.82) is 0 Å². The highest BCUT2D eigenvalue weighted by Gasteiger charge is 2.19. The Morgan fingerprint density at radius 3 is 2.43 bits per heavy atom. The summed E-state index contributed by atoms with van der Waals surface area (Å²) >= 11 is 0. The first-order chi connectivity index (χ1) is 9.97. The molecule has 118 valence electrons. The van der Waals surface area contributed by atoms with Gasteiger partial charge < -0.3 is 15.7 Å². The molecule has 2 rings (SSSR count). The van der Waals surface area contributed by atoms with Crippen molar-refractivity contribution in [1.82, 2.24) is 4.90 Å². The summed E-state index contributed by atoms with van der Waals surface area (Å²) in [5.41, 5.74) is 7.18. The zero-order valence-corrected chi connectivity index (χ0v) is 13.1. The molecule has 1 fully saturated rings. The lowest BCUT2D eigenvalue weighted by molar-refractivity contribution is 0.189. The van der Waals surface area contributed by atoms with Crippen molar-refractivity contribution in [3.8, 4) is 0 Å². The maximum absolute atomic E-state index is 11.9. The number of piperazine rings is 1. The summed E-state index contributed by atoms with van der Waals surface area (Å²) in [5, 5.41) is 8.94. The van der Waals surface area contributed by atoms with Crippen LogP contribution in [0.4, 0.5) is 11.4 Å². The Labute approximate surface area is 126 Å². The van der Waals surface area contributed by atoms with Gasteiger partial charge in [-0.1, -0.05) is 6.92 Å². The molecule has 0 spiro atoms. The third kappa shape index (κ3) is 3.66. The number of anilines is 2. The Balaban J connectivity index is 2.11. The maximum atomic E-state index is 11.9. The average molecular weight is 313 g/mol. The molecule has 0 unspecified atom stereocenters. The Kier molecular flexibility index (Phi) is 5.08. The number of aliphatic hydroxyl groups excluding tert-OH is 1. The van der Waals surface area contributed by atoms with Crippen LogP contribution >= 0.6 is 0 Å². The molecule has 21 heavy (non-hydrogen) atoms. The van der Waals surface area contributed by atoms with Crippen LogP contribution in [0, 0.1) is 0 Å². The van der Waals surface area contributed by atoms with Gasteiger partial charge in [0.05, 0.1) is 22.9 Å². The SMILES string of the molecule is CCS(=O)(=O)c1ccc(N2CCN(CCO)CC2)cc1N. The van der Waals surface area contributed by atoms with E-state index in [0.29, 0.717) is 12.2 Å². The van der Waals surface area contributed by atoms with Crippen LogP contribution < -0.4 is 10.6 Å². The van der Waals surface area contributed by atoms with Crippen molar-refractivity contribution in [3.63, 3.8) is 0 Å². The zero-order valence-electron chi connectivity index (χ0n) is 12.3. The molecule has 0 amide bonds. The van der Waals surface area contributed by atoms with Gasteiger partial charge >= 0.3 is 0 Å². The fraction of sp³-hybridized carbons (Fsp3) is 0.571. The van der Waals surface area contributed by atoms with Gasteiger partial charge in [0.2, 0.25) is 0 Å². The topological polar surface area (TPSA) is 86.9 Å². The number of sulfone groups is 1. The molecular weight excluding hydrogens is 290 g/mol. The van der Waals surface area contributed by atoms with Gasteiger partial charge in [-0.05, 0) is 18.2 Å². The Morgan fingerprint density at radius 2 is 1.90 bits per heavy atom. The van der Waals surface area contributed by atoms with Crippen LogP contribution in [-0.4, -0.2) is 63.5 Å². The number of β-amino-alcohol motifs (C(OH)–C–C–N with tert-alkyl or cyclic N) is 1. The molecule has 1 aromatic rings. The van der Waals surface area contributed by atoms with Gasteiger partial charge in [0.1, 0.15) is 0 Å². The first-order valence-electron chi connectivity index (χ1n) is 7.18. The third-order valence-electron chi connectivity index (χ3n) is 3.86. The molecule has 0 atom stereocenters. The molecule has 1 heterocycles. The van der Waals surface area contributed by atoms with Gasteiger partial charge in [-0.2, -0.15) is 0 Å². The quantitative estimate of drug-likeness (QED) is 0.754. The predicted molar refractivity (Wildman–Crippen MR) is 84.3 cm³/mol. The molecule has 0 bridgehead atoms. The number of nitrogens with zero attached hydrogens (tertiary/aromatic N) is 2. The van der Waals surface area contributed by atoms with Crippen molar-refractivity contribution in [2.24, 2.45) is 0 Å². The van der Waals surface area contributed by atoms with Crippen molar-refractivity contribution >= 4 is 21.2 Å². The molecule has 1 aliphatic rings. The molecule has 7 heteroatoms. The van der Waals surface area contributed by atoms with Gasteiger partial charge in [0, 0.05) is 38.4 Å². The maximum Gasteiger partial charge on any atom is 0.180 e. The molecule has 0 aromatic heterocycles. The van der Waals surface area contributed by atoms with Crippen LogP contribution in [0.1, 0.15) is 6.92 Å². The second kappa shape index (κ2) is 6.64. The van der Waals surface area contributed by atoms with E-state index in [4.69, 9.17) is 10.8 Å². The molecule has 0 radical (unpaired) electrons. The molecular formula is C14H23N3O3S. The molecule has 1 saturated heterocycles. The monoisotopic (exact) mass is 313 g/mol. The van der Waals surface area contributed by atoms with E-state index in [-0.39, 0.29) is 17.3 Å². The summed E-state index contributed by atoms with van der Waals surface area (Å²) in [6.45, 7) is 5.95. The Morgan fingerprint density at radius 1 is 1.24 bits per heavy atom. The van der Waals surface area contributed by atoms with Crippen LogP contribution in [0.15, 0.2) is 23.1 Å². The Hall–Kier alpha value is -1.31. The minimum atomic E-state index is -3.27. The average Bonchev–Trinajstić information content (AvgIpc) is 2.48. The molecule has 1 aliphatic heterocycles. The lowest BCUT2D eigenvalue weighted by Gasteiger charge is -2.36. The lowest BCUT2D eigenvalue weighted by atomic mass is 10.2. The number of hydrogen-bond acceptors (Lipinski definition) is 6. The smallest absolute Gasteiger partial charge is 0.180 e.